The van der Waals surface area contributed by atoms with Crippen LogP contribution in [0.2, 0.25) is 0 Å². The topological polar surface area (TPSA) is 63.5 Å². The van der Waals surface area contributed by atoms with Gasteiger partial charge in [-0.25, -0.2) is 0 Å². The van der Waals surface area contributed by atoms with Crippen LogP contribution in [0, 0.1) is 6.92 Å². The van der Waals surface area contributed by atoms with E-state index in [1.807, 2.05) is 13.0 Å². The maximum atomic E-state index is 9.24. The van der Waals surface area contributed by atoms with E-state index in [4.69, 9.17) is 5.73 Å². The molecule has 1 rings (SSSR count). The van der Waals surface area contributed by atoms with Crippen LogP contribution in [0.25, 0.3) is 0 Å². The van der Waals surface area contributed by atoms with Gasteiger partial charge in [0.05, 0.1) is 6.54 Å². The molecule has 1 aromatic rings. The largest absolute Gasteiger partial charge is 0.427 e. The maximum absolute atomic E-state index is 9.24. The summed E-state index contributed by atoms with van der Waals surface area (Å²) < 4.78 is 0.989. The number of pyridine rings is 1. The van der Waals surface area contributed by atoms with Gasteiger partial charge in [0.2, 0.25) is 0 Å². The molecule has 0 radical (unpaired) electrons. The maximum Gasteiger partial charge on any atom is 0.163 e. The van der Waals surface area contributed by atoms with Crippen LogP contribution in [-0.2, 0) is 0 Å². The van der Waals surface area contributed by atoms with Gasteiger partial charge in [-0.15, -0.1) is 12.4 Å². The molecule has 0 spiro atoms. The Hall–Kier alpha value is -1.00. The second-order valence-corrected chi connectivity index (χ2v) is 2.58. The van der Waals surface area contributed by atoms with Gasteiger partial charge in [0.1, 0.15) is 0 Å². The van der Waals surface area contributed by atoms with Gasteiger partial charge in [-0.3, -0.25) is 4.99 Å². The Morgan fingerprint density at radius 1 is 1.62 bits per heavy atom. The normalized spacial score (nSPS) is 11.1. The van der Waals surface area contributed by atoms with Gasteiger partial charge < -0.3 is 10.9 Å². The first kappa shape index (κ1) is 12.0. The highest BCUT2D eigenvalue weighted by molar-refractivity contribution is 5.85. The van der Waals surface area contributed by atoms with Crippen molar-refractivity contribution in [2.45, 2.75) is 6.92 Å². The molecule has 0 aliphatic carbocycles. The molecule has 0 aromatic carbocycles. The van der Waals surface area contributed by atoms with Crippen molar-refractivity contribution in [3.8, 4) is 0 Å². The average Bonchev–Trinajstić information content (AvgIpc) is 2.07. The molecule has 1 aromatic heterocycles. The van der Waals surface area contributed by atoms with Crippen molar-refractivity contribution in [2.75, 3.05) is 13.1 Å². The number of halogens is 1. The summed E-state index contributed by atoms with van der Waals surface area (Å²) in [6.45, 7) is 2.97. The molecule has 0 amide bonds. The summed E-state index contributed by atoms with van der Waals surface area (Å²) in [6.07, 6.45) is 1.56. The Kier molecular flexibility index (Phi) is 5.18. The number of nitrogens with two attached hydrogens (primary N) is 1. The fraction of sp³-hybridized carbons (Fsp3) is 0.375. The molecule has 13 heavy (non-hydrogen) atoms. The van der Waals surface area contributed by atoms with Crippen LogP contribution in [0.1, 0.15) is 5.56 Å². The van der Waals surface area contributed by atoms with Crippen LogP contribution < -0.4 is 11.2 Å². The first-order valence-corrected chi connectivity index (χ1v) is 3.83. The van der Waals surface area contributed by atoms with E-state index in [-0.39, 0.29) is 12.4 Å². The minimum atomic E-state index is 0. The lowest BCUT2D eigenvalue weighted by atomic mass is 10.3. The van der Waals surface area contributed by atoms with E-state index in [0.29, 0.717) is 18.6 Å². The quantitative estimate of drug-likeness (QED) is 0.680. The zero-order valence-electron chi connectivity index (χ0n) is 7.47. The number of aromatic nitrogens is 1. The van der Waals surface area contributed by atoms with Gasteiger partial charge in [-0.2, -0.15) is 4.73 Å². The van der Waals surface area contributed by atoms with Crippen molar-refractivity contribution >= 4 is 12.4 Å². The lowest BCUT2D eigenvalue weighted by Crippen LogP contribution is -2.20. The number of hydrogen-bond donors (Lipinski definition) is 2. The highest BCUT2D eigenvalue weighted by atomic mass is 35.5. The second-order valence-electron chi connectivity index (χ2n) is 2.58. The van der Waals surface area contributed by atoms with E-state index in [1.54, 1.807) is 12.3 Å². The van der Waals surface area contributed by atoms with Crippen molar-refractivity contribution in [3.63, 3.8) is 0 Å². The number of aryl methyl sites for hydroxylation is 1. The predicted molar refractivity (Wildman–Crippen MR) is 53.1 cm³/mol. The van der Waals surface area contributed by atoms with Crippen LogP contribution in [0.15, 0.2) is 23.3 Å². The molecule has 0 bridgehead atoms. The monoisotopic (exact) mass is 203 g/mol. The molecule has 0 unspecified atom stereocenters. The average molecular weight is 204 g/mol. The van der Waals surface area contributed by atoms with Gasteiger partial charge in [0, 0.05) is 12.7 Å². The number of hydrogen-bond acceptors (Lipinski definition) is 3. The zero-order valence-corrected chi connectivity index (χ0v) is 8.29. The number of nitrogens with zero attached hydrogens (tertiary/aromatic N) is 2. The number of rotatable bonds is 2. The van der Waals surface area contributed by atoms with Crippen LogP contribution in [0.4, 0.5) is 0 Å². The summed E-state index contributed by atoms with van der Waals surface area (Å²) in [7, 11) is 0. The molecule has 0 aliphatic rings. The molecular formula is C8H14ClN3O. The first-order valence-electron chi connectivity index (χ1n) is 3.83. The van der Waals surface area contributed by atoms with Crippen molar-refractivity contribution in [3.05, 3.63) is 29.4 Å². The van der Waals surface area contributed by atoms with Crippen LogP contribution in [0.3, 0.4) is 0 Å². The summed E-state index contributed by atoms with van der Waals surface area (Å²) >= 11 is 0. The predicted octanol–water partition coefficient (Wildman–Crippen LogP) is 0.315. The van der Waals surface area contributed by atoms with E-state index < -0.39 is 0 Å². The summed E-state index contributed by atoms with van der Waals surface area (Å²) in [6, 6.07) is 3.61. The lowest BCUT2D eigenvalue weighted by molar-refractivity contribution is 0.171. The third-order valence-corrected chi connectivity index (χ3v) is 1.47. The summed E-state index contributed by atoms with van der Waals surface area (Å²) in [5.74, 6) is 0. The van der Waals surface area contributed by atoms with Crippen LogP contribution >= 0.6 is 12.4 Å². The molecule has 0 fully saturated rings. The van der Waals surface area contributed by atoms with E-state index in [1.165, 1.54) is 0 Å². The molecule has 1 heterocycles. The SMILES string of the molecule is Cc1ccn(O)c(=NCCN)c1.Cl. The van der Waals surface area contributed by atoms with Crippen molar-refractivity contribution < 1.29 is 5.21 Å². The molecule has 0 aliphatic heterocycles. The molecule has 3 N–H and O–H groups in total. The molecular weight excluding hydrogens is 190 g/mol. The molecule has 74 valence electrons. The Labute approximate surface area is 83.1 Å². The fourth-order valence-corrected chi connectivity index (χ4v) is 0.880. The Balaban J connectivity index is 0.00000144. The first-order chi connectivity index (χ1) is 5.74. The molecule has 0 saturated carbocycles. The van der Waals surface area contributed by atoms with Crippen molar-refractivity contribution in [2.24, 2.45) is 10.7 Å². The molecule has 0 saturated heterocycles. The van der Waals surface area contributed by atoms with Crippen molar-refractivity contribution in [1.82, 2.24) is 4.73 Å². The summed E-state index contributed by atoms with van der Waals surface area (Å²) in [5.41, 5.74) is 6.89. The third-order valence-electron chi connectivity index (χ3n) is 1.47. The minimum Gasteiger partial charge on any atom is -0.427 e. The van der Waals surface area contributed by atoms with E-state index >= 15 is 0 Å². The van der Waals surface area contributed by atoms with Gasteiger partial charge in [0.15, 0.2) is 5.49 Å². The van der Waals surface area contributed by atoms with Gasteiger partial charge in [-0.05, 0) is 24.6 Å². The Bertz CT molecular complexity index is 321. The minimum absolute atomic E-state index is 0. The van der Waals surface area contributed by atoms with Gasteiger partial charge >= 0.3 is 0 Å². The zero-order chi connectivity index (χ0) is 8.97. The smallest absolute Gasteiger partial charge is 0.163 e. The van der Waals surface area contributed by atoms with Gasteiger partial charge in [0.25, 0.3) is 0 Å². The third kappa shape index (κ3) is 3.48. The van der Waals surface area contributed by atoms with Gasteiger partial charge in [-0.1, -0.05) is 0 Å². The van der Waals surface area contributed by atoms with Crippen LogP contribution in [0.5, 0.6) is 0 Å². The van der Waals surface area contributed by atoms with Crippen molar-refractivity contribution in [1.29, 1.82) is 0 Å². The lowest BCUT2D eigenvalue weighted by Gasteiger charge is -1.98. The van der Waals surface area contributed by atoms with E-state index in [9.17, 15) is 5.21 Å². The highest BCUT2D eigenvalue weighted by Crippen LogP contribution is 1.88. The standard InChI is InChI=1S/C8H13N3O.ClH/c1-7-2-5-11(12)8(6-7)10-4-3-9;/h2,5-6,12H,3-4,9H2,1H3;1H. The van der Waals surface area contributed by atoms with E-state index in [2.05, 4.69) is 4.99 Å². The molecule has 5 heteroatoms. The summed E-state index contributed by atoms with van der Waals surface area (Å²) in [4.78, 5) is 4.07. The molecule has 0 atom stereocenters. The highest BCUT2D eigenvalue weighted by Gasteiger charge is 1.89. The summed E-state index contributed by atoms with van der Waals surface area (Å²) in [5, 5.41) is 9.24. The second kappa shape index (κ2) is 5.61. The fourth-order valence-electron chi connectivity index (χ4n) is 0.880. The molecule has 4 nitrogen and oxygen atoms in total. The Morgan fingerprint density at radius 2 is 2.31 bits per heavy atom. The Morgan fingerprint density at radius 3 is 2.92 bits per heavy atom. The van der Waals surface area contributed by atoms with Crippen LogP contribution in [-0.4, -0.2) is 23.0 Å². The van der Waals surface area contributed by atoms with E-state index in [0.717, 1.165) is 10.3 Å².